The molecule has 1 aliphatic carbocycles. The Kier molecular flexibility index (Phi) is 3.81. The predicted molar refractivity (Wildman–Crippen MR) is 89.0 cm³/mol. The SMILES string of the molecule is O=C(C1c2ccccc2NC2CCCCC21)N1CCCCC1. The van der Waals surface area contributed by atoms with Crippen LogP contribution in [-0.4, -0.2) is 29.9 Å². The molecular formula is C19H26N2O. The lowest BCUT2D eigenvalue weighted by Gasteiger charge is -2.44. The first-order valence-electron chi connectivity index (χ1n) is 8.99. The van der Waals surface area contributed by atoms with E-state index in [1.165, 1.54) is 56.2 Å². The molecule has 22 heavy (non-hydrogen) atoms. The summed E-state index contributed by atoms with van der Waals surface area (Å²) < 4.78 is 0. The Bertz CT molecular complexity index is 550. The lowest BCUT2D eigenvalue weighted by atomic mass is 9.70. The Morgan fingerprint density at radius 2 is 1.77 bits per heavy atom. The minimum atomic E-state index is 0.0841. The van der Waals surface area contributed by atoms with E-state index in [0.29, 0.717) is 17.9 Å². The van der Waals surface area contributed by atoms with Gasteiger partial charge < -0.3 is 10.2 Å². The Hall–Kier alpha value is -1.51. The van der Waals surface area contributed by atoms with Crippen molar-refractivity contribution >= 4 is 11.6 Å². The van der Waals surface area contributed by atoms with Gasteiger partial charge in [-0.05, 0) is 49.7 Å². The Balaban J connectivity index is 1.68. The zero-order chi connectivity index (χ0) is 14.9. The van der Waals surface area contributed by atoms with Gasteiger partial charge in [0.2, 0.25) is 5.91 Å². The highest BCUT2D eigenvalue weighted by Gasteiger charge is 2.42. The molecule has 3 nitrogen and oxygen atoms in total. The van der Waals surface area contributed by atoms with Crippen molar-refractivity contribution in [1.82, 2.24) is 4.90 Å². The van der Waals surface area contributed by atoms with E-state index < -0.39 is 0 Å². The average molecular weight is 298 g/mol. The molecule has 1 N–H and O–H groups in total. The van der Waals surface area contributed by atoms with Crippen molar-refractivity contribution in [3.63, 3.8) is 0 Å². The summed E-state index contributed by atoms with van der Waals surface area (Å²) in [5, 5.41) is 3.72. The first-order chi connectivity index (χ1) is 10.8. The number of likely N-dealkylation sites (tertiary alicyclic amines) is 1. The first-order valence-corrected chi connectivity index (χ1v) is 8.99. The minimum Gasteiger partial charge on any atom is -0.382 e. The topological polar surface area (TPSA) is 32.3 Å². The maximum absolute atomic E-state index is 13.3. The van der Waals surface area contributed by atoms with Crippen molar-refractivity contribution in [2.45, 2.75) is 56.9 Å². The molecule has 118 valence electrons. The molecule has 0 aromatic heterocycles. The summed E-state index contributed by atoms with van der Waals surface area (Å²) in [6.07, 6.45) is 8.59. The average Bonchev–Trinajstić information content (AvgIpc) is 2.60. The molecule has 2 heterocycles. The minimum absolute atomic E-state index is 0.0841. The quantitative estimate of drug-likeness (QED) is 0.856. The summed E-state index contributed by atoms with van der Waals surface area (Å²) in [5.41, 5.74) is 2.43. The van der Waals surface area contributed by atoms with Gasteiger partial charge in [-0.2, -0.15) is 0 Å². The Morgan fingerprint density at radius 3 is 2.64 bits per heavy atom. The molecule has 3 aliphatic rings. The lowest BCUT2D eigenvalue weighted by Crippen LogP contribution is -2.48. The third kappa shape index (κ3) is 2.41. The molecule has 1 saturated heterocycles. The summed E-state index contributed by atoms with van der Waals surface area (Å²) in [4.78, 5) is 15.4. The van der Waals surface area contributed by atoms with Crippen molar-refractivity contribution in [3.8, 4) is 0 Å². The molecule has 3 heteroatoms. The third-order valence-electron chi connectivity index (χ3n) is 5.82. The van der Waals surface area contributed by atoms with Crippen LogP contribution >= 0.6 is 0 Å². The number of hydrogen-bond acceptors (Lipinski definition) is 2. The molecule has 1 aromatic rings. The van der Waals surface area contributed by atoms with Gasteiger partial charge in [-0.25, -0.2) is 0 Å². The molecular weight excluding hydrogens is 272 g/mol. The zero-order valence-electron chi connectivity index (χ0n) is 13.3. The van der Waals surface area contributed by atoms with Crippen molar-refractivity contribution < 1.29 is 4.79 Å². The van der Waals surface area contributed by atoms with Crippen LogP contribution in [0.5, 0.6) is 0 Å². The fraction of sp³-hybridized carbons (Fsp3) is 0.632. The maximum Gasteiger partial charge on any atom is 0.230 e. The number of piperidine rings is 1. The van der Waals surface area contributed by atoms with Gasteiger partial charge in [-0.15, -0.1) is 0 Å². The molecule has 2 aliphatic heterocycles. The largest absolute Gasteiger partial charge is 0.382 e. The van der Waals surface area contributed by atoms with E-state index in [4.69, 9.17) is 0 Å². The Morgan fingerprint density at radius 1 is 1.00 bits per heavy atom. The van der Waals surface area contributed by atoms with E-state index in [1.807, 2.05) is 0 Å². The van der Waals surface area contributed by atoms with Crippen LogP contribution in [0, 0.1) is 5.92 Å². The van der Waals surface area contributed by atoms with Crippen molar-refractivity contribution in [3.05, 3.63) is 29.8 Å². The highest BCUT2D eigenvalue weighted by atomic mass is 16.2. The number of nitrogens with one attached hydrogen (secondary N) is 1. The van der Waals surface area contributed by atoms with Crippen LogP contribution in [0.3, 0.4) is 0 Å². The second kappa shape index (κ2) is 5.94. The Labute approximate surface area is 133 Å². The number of carbonyl (C=O) groups excluding carboxylic acids is 1. The van der Waals surface area contributed by atoms with Crippen molar-refractivity contribution in [1.29, 1.82) is 0 Å². The molecule has 3 unspecified atom stereocenters. The first kappa shape index (κ1) is 14.1. The molecule has 4 rings (SSSR count). The molecule has 2 fully saturated rings. The molecule has 1 saturated carbocycles. The van der Waals surface area contributed by atoms with E-state index in [9.17, 15) is 4.79 Å². The van der Waals surface area contributed by atoms with Crippen LogP contribution in [-0.2, 0) is 4.79 Å². The van der Waals surface area contributed by atoms with E-state index in [1.54, 1.807) is 0 Å². The molecule has 0 bridgehead atoms. The normalized spacial score (nSPS) is 30.9. The zero-order valence-corrected chi connectivity index (χ0v) is 13.3. The molecule has 1 amide bonds. The molecule has 1 aromatic carbocycles. The lowest BCUT2D eigenvalue weighted by molar-refractivity contribution is -0.135. The van der Waals surface area contributed by atoms with Gasteiger partial charge in [-0.3, -0.25) is 4.79 Å². The number of anilines is 1. The number of amides is 1. The van der Waals surface area contributed by atoms with Gasteiger partial charge in [0.15, 0.2) is 0 Å². The monoisotopic (exact) mass is 298 g/mol. The van der Waals surface area contributed by atoms with Gasteiger partial charge in [-0.1, -0.05) is 31.0 Å². The number of nitrogens with zero attached hydrogens (tertiary/aromatic N) is 1. The third-order valence-corrected chi connectivity index (χ3v) is 5.82. The number of carbonyl (C=O) groups is 1. The van der Waals surface area contributed by atoms with Crippen LogP contribution in [0.15, 0.2) is 24.3 Å². The van der Waals surface area contributed by atoms with Gasteiger partial charge in [0, 0.05) is 24.8 Å². The van der Waals surface area contributed by atoms with Crippen LogP contribution in [0.25, 0.3) is 0 Å². The van der Waals surface area contributed by atoms with E-state index in [-0.39, 0.29) is 5.92 Å². The molecule has 3 atom stereocenters. The number of para-hydroxylation sites is 1. The highest BCUT2D eigenvalue weighted by molar-refractivity contribution is 5.87. The second-order valence-electron chi connectivity index (χ2n) is 7.15. The molecule has 0 spiro atoms. The fourth-order valence-corrected chi connectivity index (χ4v) is 4.69. The fourth-order valence-electron chi connectivity index (χ4n) is 4.69. The van der Waals surface area contributed by atoms with E-state index >= 15 is 0 Å². The maximum atomic E-state index is 13.3. The summed E-state index contributed by atoms with van der Waals surface area (Å²) >= 11 is 0. The second-order valence-corrected chi connectivity index (χ2v) is 7.15. The van der Waals surface area contributed by atoms with Crippen molar-refractivity contribution in [2.24, 2.45) is 5.92 Å². The highest BCUT2D eigenvalue weighted by Crippen LogP contribution is 2.45. The van der Waals surface area contributed by atoms with Crippen LogP contribution < -0.4 is 5.32 Å². The number of hydrogen-bond donors (Lipinski definition) is 1. The van der Waals surface area contributed by atoms with Crippen LogP contribution in [0.1, 0.15) is 56.4 Å². The predicted octanol–water partition coefficient (Wildman–Crippen LogP) is 3.77. The number of fused-ring (bicyclic) bond motifs is 2. The van der Waals surface area contributed by atoms with E-state index in [2.05, 4.69) is 34.5 Å². The standard InChI is InChI=1S/C19H26N2O/c22-19(21-12-6-1-7-13-21)18-14-8-2-4-10-16(14)20-17-11-5-3-9-15(17)18/h2,4,8,10,15,17-18,20H,1,3,5-7,9,11-13H2. The number of benzene rings is 1. The van der Waals surface area contributed by atoms with Crippen LogP contribution in [0.2, 0.25) is 0 Å². The summed E-state index contributed by atoms with van der Waals surface area (Å²) in [5.74, 6) is 0.962. The van der Waals surface area contributed by atoms with E-state index in [0.717, 1.165) is 13.1 Å². The van der Waals surface area contributed by atoms with Crippen LogP contribution in [0.4, 0.5) is 5.69 Å². The van der Waals surface area contributed by atoms with Gasteiger partial charge >= 0.3 is 0 Å². The van der Waals surface area contributed by atoms with Gasteiger partial charge in [0.1, 0.15) is 0 Å². The summed E-state index contributed by atoms with van der Waals surface area (Å²) in [6, 6.07) is 8.97. The number of rotatable bonds is 1. The van der Waals surface area contributed by atoms with Gasteiger partial charge in [0.05, 0.1) is 5.92 Å². The summed E-state index contributed by atoms with van der Waals surface area (Å²) in [7, 11) is 0. The van der Waals surface area contributed by atoms with Gasteiger partial charge in [0.25, 0.3) is 0 Å². The summed E-state index contributed by atoms with van der Waals surface area (Å²) in [6.45, 7) is 1.92. The van der Waals surface area contributed by atoms with Crippen molar-refractivity contribution in [2.75, 3.05) is 18.4 Å². The molecule has 0 radical (unpaired) electrons. The smallest absolute Gasteiger partial charge is 0.230 e.